The van der Waals surface area contributed by atoms with Crippen LogP contribution in [0.15, 0.2) is 21.6 Å². The third-order valence-electron chi connectivity index (χ3n) is 4.08. The zero-order valence-electron chi connectivity index (χ0n) is 11.5. The van der Waals surface area contributed by atoms with Gasteiger partial charge in [0.1, 0.15) is 0 Å². The standard InChI is InChI=1S/C15H18BrClN2S/c1-9-6-11(16)14(7-12(9)17)19-15-18-13-5-3-2-4-10(13)8-20-15/h6-7,10,13H,2-5,8H2,1H3,(H,18,19). The van der Waals surface area contributed by atoms with Crippen molar-refractivity contribution in [2.24, 2.45) is 10.9 Å². The first kappa shape index (κ1) is 14.7. The molecule has 0 bridgehead atoms. The second-order valence-electron chi connectivity index (χ2n) is 5.56. The Morgan fingerprint density at radius 3 is 3.00 bits per heavy atom. The average Bonchev–Trinajstić information content (AvgIpc) is 2.44. The van der Waals surface area contributed by atoms with E-state index in [2.05, 4.69) is 21.2 Å². The van der Waals surface area contributed by atoms with Crippen molar-refractivity contribution in [1.82, 2.24) is 0 Å². The summed E-state index contributed by atoms with van der Waals surface area (Å²) in [6.45, 7) is 2.01. The molecule has 0 aromatic heterocycles. The number of aryl methyl sites for hydroxylation is 1. The van der Waals surface area contributed by atoms with Gasteiger partial charge in [-0.3, -0.25) is 4.99 Å². The van der Waals surface area contributed by atoms with Crippen LogP contribution in [0.4, 0.5) is 5.69 Å². The SMILES string of the molecule is Cc1cc(Br)c(NC2=NC3CCCCC3CS2)cc1Cl. The summed E-state index contributed by atoms with van der Waals surface area (Å²) in [6, 6.07) is 4.53. The Bertz CT molecular complexity index is 547. The predicted molar refractivity (Wildman–Crippen MR) is 93.2 cm³/mol. The minimum absolute atomic E-state index is 0.521. The Hall–Kier alpha value is -0.190. The van der Waals surface area contributed by atoms with Crippen molar-refractivity contribution < 1.29 is 0 Å². The van der Waals surface area contributed by atoms with E-state index in [9.17, 15) is 0 Å². The fraction of sp³-hybridized carbons (Fsp3) is 0.533. The van der Waals surface area contributed by atoms with Crippen molar-refractivity contribution in [2.45, 2.75) is 38.6 Å². The third-order valence-corrected chi connectivity index (χ3v) is 6.22. The van der Waals surface area contributed by atoms with Gasteiger partial charge < -0.3 is 5.32 Å². The molecule has 1 aliphatic heterocycles. The largest absolute Gasteiger partial charge is 0.334 e. The van der Waals surface area contributed by atoms with Crippen LogP contribution in [0.1, 0.15) is 31.2 Å². The summed E-state index contributed by atoms with van der Waals surface area (Å²) in [5.74, 6) is 1.97. The quantitative estimate of drug-likeness (QED) is 0.704. The van der Waals surface area contributed by atoms with Crippen molar-refractivity contribution in [2.75, 3.05) is 11.1 Å². The van der Waals surface area contributed by atoms with Crippen LogP contribution in [0.25, 0.3) is 0 Å². The summed E-state index contributed by atoms with van der Waals surface area (Å²) in [6.07, 6.45) is 5.28. The van der Waals surface area contributed by atoms with E-state index in [1.807, 2.05) is 30.8 Å². The van der Waals surface area contributed by atoms with Gasteiger partial charge >= 0.3 is 0 Å². The van der Waals surface area contributed by atoms with Crippen LogP contribution in [-0.4, -0.2) is 17.0 Å². The number of rotatable bonds is 1. The Balaban J connectivity index is 1.78. The van der Waals surface area contributed by atoms with E-state index in [1.54, 1.807) is 0 Å². The van der Waals surface area contributed by atoms with Gasteiger partial charge in [-0.1, -0.05) is 36.2 Å². The average molecular weight is 374 g/mol. The number of benzene rings is 1. The molecule has 0 radical (unpaired) electrons. The van der Waals surface area contributed by atoms with Crippen LogP contribution in [0.2, 0.25) is 5.02 Å². The van der Waals surface area contributed by atoms with Crippen molar-refractivity contribution >= 4 is 50.1 Å². The molecule has 0 spiro atoms. The summed E-state index contributed by atoms with van der Waals surface area (Å²) >= 11 is 11.6. The summed E-state index contributed by atoms with van der Waals surface area (Å²) in [7, 11) is 0. The van der Waals surface area contributed by atoms with Crippen LogP contribution < -0.4 is 5.32 Å². The number of halogens is 2. The topological polar surface area (TPSA) is 24.4 Å². The molecule has 3 rings (SSSR count). The first-order valence-electron chi connectivity index (χ1n) is 7.07. The lowest BCUT2D eigenvalue weighted by atomic mass is 9.86. The van der Waals surface area contributed by atoms with E-state index in [0.29, 0.717) is 6.04 Å². The smallest absolute Gasteiger partial charge is 0.161 e. The lowest BCUT2D eigenvalue weighted by Crippen LogP contribution is -2.31. The first-order chi connectivity index (χ1) is 9.63. The van der Waals surface area contributed by atoms with Gasteiger partial charge in [-0.2, -0.15) is 0 Å². The molecule has 5 heteroatoms. The summed E-state index contributed by atoms with van der Waals surface area (Å²) in [5, 5.41) is 5.25. The lowest BCUT2D eigenvalue weighted by molar-refractivity contribution is 0.336. The molecular formula is C15H18BrClN2S. The molecule has 2 atom stereocenters. The second kappa shape index (κ2) is 6.29. The maximum absolute atomic E-state index is 6.21. The number of aliphatic imine (C=N–C) groups is 1. The highest BCUT2D eigenvalue weighted by Gasteiger charge is 2.29. The van der Waals surface area contributed by atoms with E-state index < -0.39 is 0 Å². The Morgan fingerprint density at radius 1 is 1.35 bits per heavy atom. The van der Waals surface area contributed by atoms with E-state index in [1.165, 1.54) is 31.4 Å². The van der Waals surface area contributed by atoms with Gasteiger partial charge in [-0.05, 0) is 59.3 Å². The summed E-state index contributed by atoms with van der Waals surface area (Å²) in [4.78, 5) is 4.90. The zero-order chi connectivity index (χ0) is 14.1. The van der Waals surface area contributed by atoms with Gasteiger partial charge in [0.25, 0.3) is 0 Å². The van der Waals surface area contributed by atoms with Gasteiger partial charge in [0.05, 0.1) is 11.7 Å². The molecule has 2 nitrogen and oxygen atoms in total. The number of fused-ring (bicyclic) bond motifs is 1. The number of anilines is 1. The Kier molecular flexibility index (Phi) is 4.63. The number of nitrogens with zero attached hydrogens (tertiary/aromatic N) is 1. The lowest BCUT2D eigenvalue weighted by Gasteiger charge is -2.32. The molecule has 1 aliphatic carbocycles. The molecule has 1 aromatic carbocycles. The Morgan fingerprint density at radius 2 is 2.15 bits per heavy atom. The van der Waals surface area contributed by atoms with Gasteiger partial charge in [-0.15, -0.1) is 0 Å². The highest BCUT2D eigenvalue weighted by molar-refractivity contribution is 9.10. The first-order valence-corrected chi connectivity index (χ1v) is 9.22. The monoisotopic (exact) mass is 372 g/mol. The molecule has 108 valence electrons. The van der Waals surface area contributed by atoms with Gasteiger partial charge in [0.15, 0.2) is 5.17 Å². The van der Waals surface area contributed by atoms with Crippen LogP contribution in [0.5, 0.6) is 0 Å². The highest BCUT2D eigenvalue weighted by Crippen LogP contribution is 2.36. The summed E-state index contributed by atoms with van der Waals surface area (Å²) < 4.78 is 1.04. The fourth-order valence-electron chi connectivity index (χ4n) is 2.85. The number of amidine groups is 1. The summed E-state index contributed by atoms with van der Waals surface area (Å²) in [5.41, 5.74) is 2.08. The molecule has 0 amide bonds. The van der Waals surface area contributed by atoms with Crippen molar-refractivity contribution in [3.8, 4) is 0 Å². The normalized spacial score (nSPS) is 25.9. The molecule has 2 unspecified atom stereocenters. The maximum Gasteiger partial charge on any atom is 0.161 e. The van der Waals surface area contributed by atoms with Crippen LogP contribution in [0, 0.1) is 12.8 Å². The van der Waals surface area contributed by atoms with Crippen LogP contribution in [0.3, 0.4) is 0 Å². The minimum atomic E-state index is 0.521. The number of nitrogens with one attached hydrogen (secondary N) is 1. The third kappa shape index (κ3) is 3.18. The minimum Gasteiger partial charge on any atom is -0.334 e. The van der Waals surface area contributed by atoms with E-state index in [4.69, 9.17) is 16.6 Å². The number of thioether (sulfide) groups is 1. The highest BCUT2D eigenvalue weighted by atomic mass is 79.9. The van der Waals surface area contributed by atoms with Crippen LogP contribution in [-0.2, 0) is 0 Å². The van der Waals surface area contributed by atoms with Crippen LogP contribution >= 0.6 is 39.3 Å². The molecule has 1 heterocycles. The molecule has 1 N–H and O–H groups in total. The van der Waals surface area contributed by atoms with Crippen molar-refractivity contribution in [1.29, 1.82) is 0 Å². The number of hydrogen-bond acceptors (Lipinski definition) is 3. The molecule has 0 saturated heterocycles. The molecule has 20 heavy (non-hydrogen) atoms. The van der Waals surface area contributed by atoms with E-state index in [0.717, 1.165) is 31.8 Å². The number of hydrogen-bond donors (Lipinski definition) is 1. The predicted octanol–water partition coefficient (Wildman–Crippen LogP) is 5.48. The second-order valence-corrected chi connectivity index (χ2v) is 7.83. The molecule has 1 aromatic rings. The van der Waals surface area contributed by atoms with Gasteiger partial charge in [-0.25, -0.2) is 0 Å². The van der Waals surface area contributed by atoms with Gasteiger partial charge in [0.2, 0.25) is 0 Å². The maximum atomic E-state index is 6.21. The van der Waals surface area contributed by atoms with Crippen molar-refractivity contribution in [3.05, 3.63) is 27.2 Å². The van der Waals surface area contributed by atoms with E-state index >= 15 is 0 Å². The Labute approximate surface area is 137 Å². The molecule has 2 aliphatic rings. The van der Waals surface area contributed by atoms with E-state index in [-0.39, 0.29) is 0 Å². The van der Waals surface area contributed by atoms with Gasteiger partial charge in [0, 0.05) is 15.2 Å². The molecular weight excluding hydrogens is 356 g/mol. The zero-order valence-corrected chi connectivity index (χ0v) is 14.6. The fourth-order valence-corrected chi connectivity index (χ4v) is 4.73. The molecule has 1 fully saturated rings. The molecule has 1 saturated carbocycles. The van der Waals surface area contributed by atoms with Crippen molar-refractivity contribution in [3.63, 3.8) is 0 Å².